The van der Waals surface area contributed by atoms with Gasteiger partial charge in [-0.05, 0) is 74.0 Å². The molecule has 0 spiro atoms. The highest BCUT2D eigenvalue weighted by Crippen LogP contribution is 2.32. The predicted molar refractivity (Wildman–Crippen MR) is 102 cm³/mol. The van der Waals surface area contributed by atoms with Crippen molar-refractivity contribution in [1.82, 2.24) is 4.90 Å². The summed E-state index contributed by atoms with van der Waals surface area (Å²) in [5.41, 5.74) is 6.33. The topological polar surface area (TPSA) is 29.3 Å². The number of rotatable bonds is 6. The van der Waals surface area contributed by atoms with Gasteiger partial charge in [0.25, 0.3) is 0 Å². The second-order valence-electron chi connectivity index (χ2n) is 7.87. The van der Waals surface area contributed by atoms with Crippen molar-refractivity contribution in [1.29, 1.82) is 0 Å². The van der Waals surface area contributed by atoms with Gasteiger partial charge in [0.1, 0.15) is 5.82 Å². The molecule has 0 bridgehead atoms. The Labute approximate surface area is 171 Å². The second-order valence-corrected chi connectivity index (χ2v) is 7.87. The SMILES string of the molecule is N[C@@H](CCN1CCCC(c2ccc(C(F)(F)F)cc2)C1)Cc1cc(F)c(F)cc1F. The van der Waals surface area contributed by atoms with E-state index < -0.39 is 35.2 Å². The third-order valence-corrected chi connectivity index (χ3v) is 5.60. The number of hydrogen-bond acceptors (Lipinski definition) is 2. The number of likely N-dealkylation sites (tertiary alicyclic amines) is 1. The van der Waals surface area contributed by atoms with Crippen LogP contribution in [0.25, 0.3) is 0 Å². The van der Waals surface area contributed by atoms with Gasteiger partial charge in [0.05, 0.1) is 5.56 Å². The van der Waals surface area contributed by atoms with Crippen molar-refractivity contribution in [3.8, 4) is 0 Å². The first-order valence-corrected chi connectivity index (χ1v) is 9.92. The number of nitrogens with zero attached hydrogens (tertiary/aromatic N) is 1. The van der Waals surface area contributed by atoms with Gasteiger partial charge in [0.15, 0.2) is 11.6 Å². The summed E-state index contributed by atoms with van der Waals surface area (Å²) in [6.07, 6.45) is -1.90. The van der Waals surface area contributed by atoms with Crippen molar-refractivity contribution in [2.24, 2.45) is 5.73 Å². The molecule has 0 amide bonds. The number of nitrogens with two attached hydrogens (primary N) is 1. The normalized spacial score (nSPS) is 19.1. The average Bonchev–Trinajstić information content (AvgIpc) is 2.70. The molecule has 8 heteroatoms. The molecule has 2 atom stereocenters. The number of benzene rings is 2. The van der Waals surface area contributed by atoms with Crippen LogP contribution in [0.4, 0.5) is 26.3 Å². The standard InChI is InChI=1S/C22H24F6N2/c23-19-12-21(25)20(24)11-16(19)10-18(29)7-9-30-8-1-2-15(13-30)14-3-5-17(6-4-14)22(26,27)28/h3-6,11-12,15,18H,1-2,7-10,13,29H2/t15?,18-/m0/s1. The molecule has 30 heavy (non-hydrogen) atoms. The van der Waals surface area contributed by atoms with Gasteiger partial charge in [0, 0.05) is 18.7 Å². The third kappa shape index (κ3) is 5.76. The summed E-state index contributed by atoms with van der Waals surface area (Å²) in [5.74, 6) is -3.01. The summed E-state index contributed by atoms with van der Waals surface area (Å²) in [7, 11) is 0. The Hall–Kier alpha value is -2.06. The van der Waals surface area contributed by atoms with Crippen LogP contribution < -0.4 is 5.73 Å². The van der Waals surface area contributed by atoms with Crippen LogP contribution in [-0.4, -0.2) is 30.6 Å². The lowest BCUT2D eigenvalue weighted by Crippen LogP contribution is -2.38. The van der Waals surface area contributed by atoms with Crippen molar-refractivity contribution < 1.29 is 26.3 Å². The first kappa shape index (κ1) is 22.6. The van der Waals surface area contributed by atoms with Crippen LogP contribution >= 0.6 is 0 Å². The molecule has 1 aliphatic rings. The molecule has 2 aromatic rings. The molecule has 2 aromatic carbocycles. The van der Waals surface area contributed by atoms with Crippen molar-refractivity contribution in [2.75, 3.05) is 19.6 Å². The summed E-state index contributed by atoms with van der Waals surface area (Å²) in [6, 6.07) is 6.24. The Morgan fingerprint density at radius 1 is 1.00 bits per heavy atom. The number of alkyl halides is 3. The van der Waals surface area contributed by atoms with Gasteiger partial charge in [-0.25, -0.2) is 13.2 Å². The summed E-state index contributed by atoms with van der Waals surface area (Å²) >= 11 is 0. The van der Waals surface area contributed by atoms with Gasteiger partial charge in [-0.15, -0.1) is 0 Å². The van der Waals surface area contributed by atoms with Crippen molar-refractivity contribution in [2.45, 2.75) is 43.8 Å². The highest BCUT2D eigenvalue weighted by molar-refractivity contribution is 5.27. The zero-order valence-corrected chi connectivity index (χ0v) is 16.4. The van der Waals surface area contributed by atoms with E-state index in [1.165, 1.54) is 12.1 Å². The van der Waals surface area contributed by atoms with Gasteiger partial charge < -0.3 is 10.6 Å². The van der Waals surface area contributed by atoms with Crippen LogP contribution in [0.2, 0.25) is 0 Å². The fourth-order valence-electron chi connectivity index (χ4n) is 3.93. The summed E-state index contributed by atoms with van der Waals surface area (Å²) in [4.78, 5) is 2.19. The molecule has 1 aliphatic heterocycles. The van der Waals surface area contributed by atoms with Crippen LogP contribution in [0.3, 0.4) is 0 Å². The van der Waals surface area contributed by atoms with Gasteiger partial charge in [-0.2, -0.15) is 13.2 Å². The van der Waals surface area contributed by atoms with Gasteiger partial charge in [-0.3, -0.25) is 0 Å². The van der Waals surface area contributed by atoms with E-state index in [1.54, 1.807) is 0 Å². The predicted octanol–water partition coefficient (Wildman–Crippen LogP) is 5.26. The lowest BCUT2D eigenvalue weighted by atomic mass is 9.90. The van der Waals surface area contributed by atoms with Gasteiger partial charge in [-0.1, -0.05) is 12.1 Å². The van der Waals surface area contributed by atoms with E-state index in [4.69, 9.17) is 5.73 Å². The monoisotopic (exact) mass is 430 g/mol. The van der Waals surface area contributed by atoms with Crippen LogP contribution in [0.15, 0.2) is 36.4 Å². The maximum atomic E-state index is 13.8. The zero-order valence-electron chi connectivity index (χ0n) is 16.4. The van der Waals surface area contributed by atoms with Crippen LogP contribution in [0.1, 0.15) is 41.9 Å². The number of piperidine rings is 1. The van der Waals surface area contributed by atoms with Crippen LogP contribution in [0.5, 0.6) is 0 Å². The fourth-order valence-corrected chi connectivity index (χ4v) is 3.93. The molecule has 0 aromatic heterocycles. The maximum Gasteiger partial charge on any atom is 0.416 e. The fraction of sp³-hybridized carbons (Fsp3) is 0.455. The third-order valence-electron chi connectivity index (χ3n) is 5.60. The van der Waals surface area contributed by atoms with Crippen molar-refractivity contribution in [3.05, 3.63) is 70.5 Å². The minimum absolute atomic E-state index is 0.0441. The highest BCUT2D eigenvalue weighted by atomic mass is 19.4. The Morgan fingerprint density at radius 3 is 2.33 bits per heavy atom. The van der Waals surface area contributed by atoms with E-state index in [0.717, 1.165) is 43.1 Å². The van der Waals surface area contributed by atoms with E-state index in [-0.39, 0.29) is 17.9 Å². The molecule has 0 aliphatic carbocycles. The smallest absolute Gasteiger partial charge is 0.327 e. The molecule has 1 saturated heterocycles. The maximum absolute atomic E-state index is 13.8. The van der Waals surface area contributed by atoms with E-state index in [9.17, 15) is 26.3 Å². The second kappa shape index (κ2) is 9.39. The minimum atomic E-state index is -4.35. The molecule has 0 radical (unpaired) electrons. The van der Waals surface area contributed by atoms with E-state index in [2.05, 4.69) is 4.90 Å². The molecule has 0 saturated carbocycles. The van der Waals surface area contributed by atoms with Crippen LogP contribution in [-0.2, 0) is 12.6 Å². The molecule has 1 fully saturated rings. The number of hydrogen-bond donors (Lipinski definition) is 1. The highest BCUT2D eigenvalue weighted by Gasteiger charge is 2.30. The Balaban J connectivity index is 1.53. The summed E-state index contributed by atoms with van der Waals surface area (Å²) in [6.45, 7) is 2.20. The van der Waals surface area contributed by atoms with Gasteiger partial charge >= 0.3 is 6.18 Å². The Kier molecular flexibility index (Phi) is 7.08. The summed E-state index contributed by atoms with van der Waals surface area (Å²) < 4.78 is 78.4. The first-order valence-electron chi connectivity index (χ1n) is 9.92. The molecule has 2 N–H and O–H groups in total. The van der Waals surface area contributed by atoms with Crippen molar-refractivity contribution in [3.63, 3.8) is 0 Å². The molecule has 3 rings (SSSR count). The molecule has 1 heterocycles. The number of halogens is 6. The lowest BCUT2D eigenvalue weighted by Gasteiger charge is -2.33. The quantitative estimate of drug-likeness (QED) is 0.500. The Morgan fingerprint density at radius 2 is 1.67 bits per heavy atom. The van der Waals surface area contributed by atoms with Gasteiger partial charge in [0.2, 0.25) is 0 Å². The Bertz CT molecular complexity index is 850. The van der Waals surface area contributed by atoms with E-state index in [0.29, 0.717) is 25.6 Å². The molecule has 1 unspecified atom stereocenters. The molecular weight excluding hydrogens is 406 g/mol. The molecular formula is C22H24F6N2. The zero-order chi connectivity index (χ0) is 21.9. The van der Waals surface area contributed by atoms with Crippen LogP contribution in [0, 0.1) is 17.5 Å². The first-order chi connectivity index (χ1) is 14.1. The summed E-state index contributed by atoms with van der Waals surface area (Å²) in [5, 5.41) is 0. The molecule has 2 nitrogen and oxygen atoms in total. The lowest BCUT2D eigenvalue weighted by molar-refractivity contribution is -0.137. The van der Waals surface area contributed by atoms with E-state index in [1.807, 2.05) is 0 Å². The van der Waals surface area contributed by atoms with Crippen molar-refractivity contribution >= 4 is 0 Å². The minimum Gasteiger partial charge on any atom is -0.327 e. The largest absolute Gasteiger partial charge is 0.416 e. The average molecular weight is 430 g/mol. The van der Waals surface area contributed by atoms with E-state index >= 15 is 0 Å². The molecule has 164 valence electrons.